The third kappa shape index (κ3) is 5.66. The van der Waals surface area contributed by atoms with Gasteiger partial charge >= 0.3 is 18.2 Å². The van der Waals surface area contributed by atoms with Gasteiger partial charge in [0, 0.05) is 31.9 Å². The quantitative estimate of drug-likeness (QED) is 0.607. The number of nitrogens with one attached hydrogen (secondary N) is 1. The number of fused-ring (bicyclic) bond motifs is 1. The predicted octanol–water partition coefficient (Wildman–Crippen LogP) is 1.12. The molecule has 3 rings (SSSR count). The summed E-state index contributed by atoms with van der Waals surface area (Å²) < 4.78 is 60.3. The monoisotopic (exact) mass is 464 g/mol. The standard InChI is InChI=1S/C18H23F3N4O5S/c1-31(28,29)25(30-16(26)18(19,20)21)9-2-3-13-4-6-14(7-5-13)24-12-15-11-22-8-10-23(15)17(24)27/h4-7,15,22H,2-3,8-12H2,1H3/t15-/m0/s1. The molecule has 172 valence electrons. The van der Waals surface area contributed by atoms with Crippen molar-refractivity contribution in [2.24, 2.45) is 0 Å². The average molecular weight is 464 g/mol. The van der Waals surface area contributed by atoms with Crippen molar-refractivity contribution in [3.8, 4) is 0 Å². The first-order chi connectivity index (χ1) is 14.5. The van der Waals surface area contributed by atoms with Crippen LogP contribution in [0, 0.1) is 0 Å². The molecule has 1 atom stereocenters. The van der Waals surface area contributed by atoms with Gasteiger partial charge < -0.3 is 15.1 Å². The number of sulfonamides is 1. The van der Waals surface area contributed by atoms with Crippen molar-refractivity contribution in [2.45, 2.75) is 25.1 Å². The van der Waals surface area contributed by atoms with Gasteiger partial charge in [-0.2, -0.15) is 13.2 Å². The number of carbonyl (C=O) groups excluding carboxylic acids is 2. The third-order valence-electron chi connectivity index (χ3n) is 5.06. The maximum atomic E-state index is 12.6. The van der Waals surface area contributed by atoms with Gasteiger partial charge in [-0.15, -0.1) is 0 Å². The van der Waals surface area contributed by atoms with Crippen molar-refractivity contribution in [3.63, 3.8) is 0 Å². The summed E-state index contributed by atoms with van der Waals surface area (Å²) in [5.41, 5.74) is 1.53. The van der Waals surface area contributed by atoms with Crippen LogP contribution in [0.3, 0.4) is 0 Å². The molecular weight excluding hydrogens is 441 g/mol. The smallest absolute Gasteiger partial charge is 0.345 e. The van der Waals surface area contributed by atoms with Crippen LogP contribution in [0.15, 0.2) is 24.3 Å². The number of anilines is 1. The molecule has 0 unspecified atom stereocenters. The second-order valence-corrected chi connectivity index (χ2v) is 9.25. The van der Waals surface area contributed by atoms with Crippen LogP contribution >= 0.6 is 0 Å². The topological polar surface area (TPSA) is 99.3 Å². The first-order valence-corrected chi connectivity index (χ1v) is 11.5. The van der Waals surface area contributed by atoms with E-state index in [-0.39, 0.29) is 23.0 Å². The number of hydrogen-bond acceptors (Lipinski definition) is 6. The Kier molecular flexibility index (Phi) is 6.76. The summed E-state index contributed by atoms with van der Waals surface area (Å²) in [6.45, 7) is 2.33. The number of rotatable bonds is 7. The zero-order valence-corrected chi connectivity index (χ0v) is 17.6. The van der Waals surface area contributed by atoms with E-state index in [0.717, 1.165) is 24.3 Å². The normalized spacial score (nSPS) is 19.6. The number of hydrogen-bond donors (Lipinski definition) is 1. The highest BCUT2D eigenvalue weighted by molar-refractivity contribution is 7.88. The van der Waals surface area contributed by atoms with Crippen LogP contribution < -0.4 is 10.2 Å². The summed E-state index contributed by atoms with van der Waals surface area (Å²) >= 11 is 0. The van der Waals surface area contributed by atoms with Crippen molar-refractivity contribution in [2.75, 3.05) is 43.9 Å². The Balaban J connectivity index is 1.56. The van der Waals surface area contributed by atoms with Crippen LogP contribution in [0.25, 0.3) is 0 Å². The largest absolute Gasteiger partial charge is 0.492 e. The number of alkyl halides is 3. The molecule has 13 heteroatoms. The van der Waals surface area contributed by atoms with E-state index in [0.29, 0.717) is 25.8 Å². The van der Waals surface area contributed by atoms with E-state index in [2.05, 4.69) is 10.2 Å². The summed E-state index contributed by atoms with van der Waals surface area (Å²) in [5.74, 6) is -2.59. The number of carbonyl (C=O) groups is 2. The molecular formula is C18H23F3N4O5S. The Morgan fingerprint density at radius 1 is 1.29 bits per heavy atom. The van der Waals surface area contributed by atoms with Crippen LogP contribution in [0.5, 0.6) is 0 Å². The minimum absolute atomic E-state index is 0.0459. The first kappa shape index (κ1) is 23.3. The number of halogens is 3. The van der Waals surface area contributed by atoms with Gasteiger partial charge in [0.05, 0.1) is 18.8 Å². The Bertz CT molecular complexity index is 923. The second-order valence-electron chi connectivity index (χ2n) is 7.38. The van der Waals surface area contributed by atoms with Crippen molar-refractivity contribution in [3.05, 3.63) is 29.8 Å². The van der Waals surface area contributed by atoms with Crippen molar-refractivity contribution >= 4 is 27.7 Å². The van der Waals surface area contributed by atoms with Crippen molar-refractivity contribution in [1.29, 1.82) is 0 Å². The molecule has 0 aliphatic carbocycles. The number of urea groups is 1. The molecule has 1 aromatic carbocycles. The van der Waals surface area contributed by atoms with Gasteiger partial charge in [0.1, 0.15) is 0 Å². The molecule has 9 nitrogen and oxygen atoms in total. The first-order valence-electron chi connectivity index (χ1n) is 9.61. The second kappa shape index (κ2) is 9.01. The average Bonchev–Trinajstić information content (AvgIpc) is 3.03. The Hall–Kier alpha value is -2.38. The fourth-order valence-corrected chi connectivity index (χ4v) is 4.18. The summed E-state index contributed by atoms with van der Waals surface area (Å²) in [7, 11) is -4.17. The Morgan fingerprint density at radius 3 is 2.55 bits per heavy atom. The lowest BCUT2D eigenvalue weighted by atomic mass is 10.1. The lowest BCUT2D eigenvalue weighted by molar-refractivity contribution is -0.222. The molecule has 1 aromatic rings. The highest BCUT2D eigenvalue weighted by atomic mass is 32.2. The van der Waals surface area contributed by atoms with E-state index in [1.807, 2.05) is 4.90 Å². The van der Waals surface area contributed by atoms with Gasteiger partial charge in [0.25, 0.3) is 0 Å². The van der Waals surface area contributed by atoms with Gasteiger partial charge in [-0.1, -0.05) is 12.1 Å². The summed E-state index contributed by atoms with van der Waals surface area (Å²) in [5, 5.41) is 3.26. The molecule has 0 aromatic heterocycles. The zero-order chi connectivity index (χ0) is 22.8. The minimum atomic E-state index is -5.30. The van der Waals surface area contributed by atoms with Gasteiger partial charge in [-0.05, 0) is 35.0 Å². The van der Waals surface area contributed by atoms with E-state index in [4.69, 9.17) is 0 Å². The maximum Gasteiger partial charge on any atom is 0.492 e. The van der Waals surface area contributed by atoms with E-state index < -0.39 is 28.7 Å². The summed E-state index contributed by atoms with van der Waals surface area (Å²) in [6, 6.07) is 7.17. The number of piperazine rings is 1. The molecule has 0 saturated carbocycles. The molecule has 31 heavy (non-hydrogen) atoms. The van der Waals surface area contributed by atoms with Gasteiger partial charge in [-0.3, -0.25) is 4.90 Å². The van der Waals surface area contributed by atoms with Gasteiger partial charge in [-0.25, -0.2) is 18.0 Å². The number of nitrogens with zero attached hydrogens (tertiary/aromatic N) is 3. The van der Waals surface area contributed by atoms with Gasteiger partial charge in [0.2, 0.25) is 10.0 Å². The fourth-order valence-electron chi connectivity index (χ4n) is 3.51. The lowest BCUT2D eigenvalue weighted by Crippen LogP contribution is -2.49. The van der Waals surface area contributed by atoms with Crippen molar-refractivity contribution in [1.82, 2.24) is 14.7 Å². The van der Waals surface area contributed by atoms with Crippen LogP contribution in [0.4, 0.5) is 23.7 Å². The number of aryl methyl sites for hydroxylation is 1. The molecule has 2 fully saturated rings. The minimum Gasteiger partial charge on any atom is -0.345 e. The van der Waals surface area contributed by atoms with Crippen LogP contribution in [0.2, 0.25) is 0 Å². The zero-order valence-electron chi connectivity index (χ0n) is 16.8. The molecule has 2 heterocycles. The molecule has 2 aliphatic heterocycles. The SMILES string of the molecule is CS(=O)(=O)N(CCCc1ccc(N2C[C@@H]3CNCCN3C2=O)cc1)OC(=O)C(F)(F)F. The van der Waals surface area contributed by atoms with E-state index in [1.165, 1.54) is 0 Å². The van der Waals surface area contributed by atoms with Gasteiger partial charge in [0.15, 0.2) is 0 Å². The molecule has 0 bridgehead atoms. The lowest BCUT2D eigenvalue weighted by Gasteiger charge is -2.28. The van der Waals surface area contributed by atoms with Crippen LogP contribution in [-0.2, 0) is 26.1 Å². The molecule has 2 aliphatic rings. The van der Waals surface area contributed by atoms with Crippen LogP contribution in [0.1, 0.15) is 12.0 Å². The molecule has 2 saturated heterocycles. The summed E-state index contributed by atoms with van der Waals surface area (Å²) in [4.78, 5) is 31.0. The Labute approximate surface area is 177 Å². The maximum absolute atomic E-state index is 12.6. The molecule has 2 amide bonds. The number of benzene rings is 1. The highest BCUT2D eigenvalue weighted by Crippen LogP contribution is 2.25. The Morgan fingerprint density at radius 2 is 1.97 bits per heavy atom. The van der Waals surface area contributed by atoms with Crippen molar-refractivity contribution < 1.29 is 36.0 Å². The number of amides is 2. The molecule has 0 spiro atoms. The van der Waals surface area contributed by atoms with E-state index in [1.54, 1.807) is 29.2 Å². The highest BCUT2D eigenvalue weighted by Gasteiger charge is 2.44. The van der Waals surface area contributed by atoms with E-state index >= 15 is 0 Å². The van der Waals surface area contributed by atoms with E-state index in [9.17, 15) is 31.2 Å². The molecule has 0 radical (unpaired) electrons. The number of hydroxylamine groups is 1. The fraction of sp³-hybridized carbons (Fsp3) is 0.556. The van der Waals surface area contributed by atoms with Crippen LogP contribution in [-0.4, -0.2) is 81.0 Å². The summed E-state index contributed by atoms with van der Waals surface area (Å²) in [6.07, 6.45) is -4.18. The third-order valence-corrected chi connectivity index (χ3v) is 6.06. The molecule has 1 N–H and O–H groups in total. The predicted molar refractivity (Wildman–Crippen MR) is 105 cm³/mol.